The maximum Gasteiger partial charge on any atom is 0.417 e. The maximum absolute atomic E-state index is 13.0. The Morgan fingerprint density at radius 3 is 2.29 bits per heavy atom. The molecule has 0 aromatic heterocycles. The summed E-state index contributed by atoms with van der Waals surface area (Å²) in [6.45, 7) is 4.74. The molecular weight excluding hydrogens is 281 g/mol. The normalized spacial score (nSPS) is 26.5. The molecular formula is C15H17F3N2O. The second kappa shape index (κ2) is 5.57. The second-order valence-corrected chi connectivity index (χ2v) is 5.69. The summed E-state index contributed by atoms with van der Waals surface area (Å²) in [4.78, 5) is 1.83. The van der Waals surface area contributed by atoms with Crippen LogP contribution in [-0.2, 0) is 6.18 Å². The Morgan fingerprint density at radius 2 is 1.81 bits per heavy atom. The van der Waals surface area contributed by atoms with Crippen molar-refractivity contribution in [3.05, 3.63) is 29.3 Å². The smallest absolute Gasteiger partial charge is 0.392 e. The zero-order chi connectivity index (χ0) is 15.8. The summed E-state index contributed by atoms with van der Waals surface area (Å²) >= 11 is 0. The summed E-state index contributed by atoms with van der Waals surface area (Å²) in [5.74, 6) is -0.0301. The first-order chi connectivity index (χ1) is 9.74. The van der Waals surface area contributed by atoms with Crippen LogP contribution < -0.4 is 4.90 Å². The third kappa shape index (κ3) is 3.13. The molecule has 1 fully saturated rings. The van der Waals surface area contributed by atoms with Crippen molar-refractivity contribution < 1.29 is 18.3 Å². The van der Waals surface area contributed by atoms with E-state index in [4.69, 9.17) is 5.26 Å². The van der Waals surface area contributed by atoms with E-state index in [0.717, 1.165) is 6.07 Å². The van der Waals surface area contributed by atoms with Gasteiger partial charge in [0.25, 0.3) is 0 Å². The van der Waals surface area contributed by atoms with E-state index in [1.165, 1.54) is 12.1 Å². The van der Waals surface area contributed by atoms with Crippen LogP contribution in [0.4, 0.5) is 18.9 Å². The molecule has 1 saturated heterocycles. The number of benzene rings is 1. The average Bonchev–Trinajstić information content (AvgIpc) is 2.42. The summed E-state index contributed by atoms with van der Waals surface area (Å²) in [6.07, 6.45) is -4.99. The van der Waals surface area contributed by atoms with E-state index >= 15 is 0 Å². The van der Waals surface area contributed by atoms with E-state index in [1.54, 1.807) is 6.07 Å². The summed E-state index contributed by atoms with van der Waals surface area (Å²) in [5.41, 5.74) is -0.842. The van der Waals surface area contributed by atoms with Gasteiger partial charge in [-0.3, -0.25) is 0 Å². The fourth-order valence-corrected chi connectivity index (χ4v) is 2.82. The molecule has 1 aromatic carbocycles. The number of alkyl halides is 3. The molecule has 6 heteroatoms. The maximum atomic E-state index is 13.0. The molecule has 1 N–H and O–H groups in total. The first kappa shape index (κ1) is 15.6. The molecule has 2 atom stereocenters. The van der Waals surface area contributed by atoms with Crippen LogP contribution in [0.2, 0.25) is 0 Å². The number of hydrogen-bond donors (Lipinski definition) is 1. The van der Waals surface area contributed by atoms with E-state index in [1.807, 2.05) is 18.7 Å². The lowest BCUT2D eigenvalue weighted by Crippen LogP contribution is -2.47. The number of anilines is 1. The molecule has 114 valence electrons. The van der Waals surface area contributed by atoms with Crippen molar-refractivity contribution in [1.29, 1.82) is 5.26 Å². The molecule has 0 amide bonds. The third-order valence-corrected chi connectivity index (χ3v) is 3.98. The monoisotopic (exact) mass is 298 g/mol. The quantitative estimate of drug-likeness (QED) is 0.867. The minimum absolute atomic E-state index is 0.0151. The Kier molecular flexibility index (Phi) is 4.15. The van der Waals surface area contributed by atoms with Crippen molar-refractivity contribution in [2.24, 2.45) is 11.8 Å². The van der Waals surface area contributed by atoms with Crippen molar-refractivity contribution in [1.82, 2.24) is 0 Å². The van der Waals surface area contributed by atoms with E-state index in [9.17, 15) is 18.3 Å². The van der Waals surface area contributed by atoms with Crippen molar-refractivity contribution in [3.63, 3.8) is 0 Å². The molecule has 2 unspecified atom stereocenters. The SMILES string of the molecule is CC1CN(c2ccc(C#N)c(C(F)(F)F)c2)CC(C)C1O. The lowest BCUT2D eigenvalue weighted by Gasteiger charge is -2.40. The molecule has 1 aromatic rings. The Balaban J connectivity index is 2.36. The minimum atomic E-state index is -4.55. The van der Waals surface area contributed by atoms with Gasteiger partial charge in [-0.25, -0.2) is 0 Å². The van der Waals surface area contributed by atoms with Gasteiger partial charge in [-0.1, -0.05) is 13.8 Å². The zero-order valence-corrected chi connectivity index (χ0v) is 11.9. The van der Waals surface area contributed by atoms with Gasteiger partial charge in [0.2, 0.25) is 0 Å². The molecule has 1 heterocycles. The van der Waals surface area contributed by atoms with E-state index < -0.39 is 17.8 Å². The molecule has 0 radical (unpaired) electrons. The Morgan fingerprint density at radius 1 is 1.24 bits per heavy atom. The zero-order valence-electron chi connectivity index (χ0n) is 11.9. The second-order valence-electron chi connectivity index (χ2n) is 5.69. The van der Waals surface area contributed by atoms with E-state index in [2.05, 4.69) is 0 Å². The average molecular weight is 298 g/mol. The highest BCUT2D eigenvalue weighted by atomic mass is 19.4. The molecule has 1 aliphatic rings. The Hall–Kier alpha value is -1.74. The van der Waals surface area contributed by atoms with E-state index in [-0.39, 0.29) is 17.4 Å². The van der Waals surface area contributed by atoms with Crippen LogP contribution in [0.1, 0.15) is 25.0 Å². The molecule has 0 bridgehead atoms. The van der Waals surface area contributed by atoms with Crippen LogP contribution in [0.5, 0.6) is 0 Å². The molecule has 1 aliphatic heterocycles. The lowest BCUT2D eigenvalue weighted by atomic mass is 9.88. The van der Waals surface area contributed by atoms with Crippen molar-refractivity contribution in [2.75, 3.05) is 18.0 Å². The number of halogens is 3. The first-order valence-electron chi connectivity index (χ1n) is 6.78. The minimum Gasteiger partial charge on any atom is -0.392 e. The van der Waals surface area contributed by atoms with Crippen LogP contribution in [0.25, 0.3) is 0 Å². The van der Waals surface area contributed by atoms with Crippen molar-refractivity contribution in [3.8, 4) is 6.07 Å². The van der Waals surface area contributed by atoms with Gasteiger partial charge in [0.15, 0.2) is 0 Å². The Bertz CT molecular complexity index is 553. The van der Waals surface area contributed by atoms with Crippen molar-refractivity contribution >= 4 is 5.69 Å². The standard InChI is InChI=1S/C15H17F3N2O/c1-9-7-20(8-10(2)14(9)21)12-4-3-11(6-19)13(5-12)15(16,17)18/h3-5,9-10,14,21H,7-8H2,1-2H3. The van der Waals surface area contributed by atoms with Gasteiger partial charge in [-0.05, 0) is 30.0 Å². The fraction of sp³-hybridized carbons (Fsp3) is 0.533. The highest BCUT2D eigenvalue weighted by Crippen LogP contribution is 2.35. The predicted molar refractivity (Wildman–Crippen MR) is 72.7 cm³/mol. The van der Waals surface area contributed by atoms with Crippen LogP contribution >= 0.6 is 0 Å². The van der Waals surface area contributed by atoms with Crippen LogP contribution in [0.15, 0.2) is 18.2 Å². The van der Waals surface area contributed by atoms with Gasteiger partial charge in [0.05, 0.1) is 23.3 Å². The summed E-state index contributed by atoms with van der Waals surface area (Å²) in [5, 5.41) is 18.7. The van der Waals surface area contributed by atoms with Gasteiger partial charge in [-0.2, -0.15) is 18.4 Å². The number of nitrogens with zero attached hydrogens (tertiary/aromatic N) is 2. The van der Waals surface area contributed by atoms with Gasteiger partial charge in [0, 0.05) is 18.8 Å². The highest BCUT2D eigenvalue weighted by molar-refractivity contribution is 5.55. The highest BCUT2D eigenvalue weighted by Gasteiger charge is 2.35. The molecule has 0 spiro atoms. The first-order valence-corrected chi connectivity index (χ1v) is 6.78. The third-order valence-electron chi connectivity index (χ3n) is 3.98. The number of piperidine rings is 1. The Labute approximate surface area is 121 Å². The lowest BCUT2D eigenvalue weighted by molar-refractivity contribution is -0.137. The number of nitriles is 1. The van der Waals surface area contributed by atoms with Gasteiger partial charge in [0.1, 0.15) is 0 Å². The molecule has 21 heavy (non-hydrogen) atoms. The molecule has 2 rings (SSSR count). The topological polar surface area (TPSA) is 47.3 Å². The van der Waals surface area contributed by atoms with Gasteiger partial charge in [-0.15, -0.1) is 0 Å². The summed E-state index contributed by atoms with van der Waals surface area (Å²) in [6, 6.07) is 5.34. The number of hydrogen-bond acceptors (Lipinski definition) is 3. The largest absolute Gasteiger partial charge is 0.417 e. The predicted octanol–water partition coefficient (Wildman–Crippen LogP) is 3.03. The molecule has 0 aliphatic carbocycles. The summed E-state index contributed by atoms with van der Waals surface area (Å²) in [7, 11) is 0. The number of aliphatic hydroxyl groups is 1. The van der Waals surface area contributed by atoms with Crippen LogP contribution in [0.3, 0.4) is 0 Å². The van der Waals surface area contributed by atoms with Gasteiger partial charge < -0.3 is 10.0 Å². The number of rotatable bonds is 1. The van der Waals surface area contributed by atoms with Crippen molar-refractivity contribution in [2.45, 2.75) is 26.1 Å². The van der Waals surface area contributed by atoms with Gasteiger partial charge >= 0.3 is 6.18 Å². The summed E-state index contributed by atoms with van der Waals surface area (Å²) < 4.78 is 39.0. The van der Waals surface area contributed by atoms with Crippen LogP contribution in [0, 0.1) is 23.2 Å². The number of aliphatic hydroxyl groups excluding tert-OH is 1. The van der Waals surface area contributed by atoms with E-state index in [0.29, 0.717) is 18.8 Å². The molecule has 0 saturated carbocycles. The van der Waals surface area contributed by atoms with Crippen LogP contribution in [-0.4, -0.2) is 24.3 Å². The molecule has 3 nitrogen and oxygen atoms in total. The fourth-order valence-electron chi connectivity index (χ4n) is 2.82.